The Balaban J connectivity index is 1.96. The van der Waals surface area contributed by atoms with Crippen LogP contribution in [0.3, 0.4) is 0 Å². The van der Waals surface area contributed by atoms with Gasteiger partial charge in [-0.2, -0.15) is 5.10 Å². The summed E-state index contributed by atoms with van der Waals surface area (Å²) in [6.07, 6.45) is 0.952. The number of nitrogens with one attached hydrogen (secondary N) is 3. The molecule has 0 radical (unpaired) electrons. The van der Waals surface area contributed by atoms with Gasteiger partial charge in [0.2, 0.25) is 0 Å². The first-order chi connectivity index (χ1) is 9.17. The summed E-state index contributed by atoms with van der Waals surface area (Å²) in [7, 11) is 0. The highest BCUT2D eigenvalue weighted by molar-refractivity contribution is 5.99. The van der Waals surface area contributed by atoms with Gasteiger partial charge < -0.3 is 5.32 Å². The zero-order valence-electron chi connectivity index (χ0n) is 10.4. The number of hydrogen-bond acceptors (Lipinski definition) is 3. The Kier molecular flexibility index (Phi) is 3.92. The standard InChI is InChI=1S/C13H14N4O2/c1-2-9-3-5-10(6-4-9)14-13(19)15-11-7-8-12(18)17-16-11/h3-8H,2H2,1H3,(H,17,18)(H2,14,15,16,19). The summed E-state index contributed by atoms with van der Waals surface area (Å²) in [6.45, 7) is 2.07. The smallest absolute Gasteiger partial charge is 0.308 e. The van der Waals surface area contributed by atoms with E-state index >= 15 is 0 Å². The lowest BCUT2D eigenvalue weighted by atomic mass is 10.1. The lowest BCUT2D eigenvalue weighted by molar-refractivity contribution is 0.262. The van der Waals surface area contributed by atoms with Crippen LogP contribution in [0.1, 0.15) is 12.5 Å². The summed E-state index contributed by atoms with van der Waals surface area (Å²) in [5.74, 6) is 0.280. The average Bonchev–Trinajstić information content (AvgIpc) is 2.42. The molecule has 2 aromatic rings. The molecule has 98 valence electrons. The van der Waals surface area contributed by atoms with E-state index in [-0.39, 0.29) is 11.4 Å². The molecule has 0 aliphatic carbocycles. The maximum atomic E-state index is 11.7. The van der Waals surface area contributed by atoms with Gasteiger partial charge in [0, 0.05) is 11.8 Å². The van der Waals surface area contributed by atoms with E-state index in [9.17, 15) is 9.59 Å². The fourth-order valence-corrected chi connectivity index (χ4v) is 1.52. The van der Waals surface area contributed by atoms with Gasteiger partial charge in [-0.3, -0.25) is 10.1 Å². The fraction of sp³-hybridized carbons (Fsp3) is 0.154. The van der Waals surface area contributed by atoms with Gasteiger partial charge in [-0.05, 0) is 30.2 Å². The number of rotatable bonds is 3. The van der Waals surface area contributed by atoms with Crippen molar-refractivity contribution < 1.29 is 4.79 Å². The number of anilines is 2. The predicted molar refractivity (Wildman–Crippen MR) is 73.3 cm³/mol. The predicted octanol–water partition coefficient (Wildman–Crippen LogP) is 1.98. The number of benzene rings is 1. The number of hydrogen-bond donors (Lipinski definition) is 3. The number of nitrogens with zero attached hydrogens (tertiary/aromatic N) is 1. The minimum absolute atomic E-state index is 0.280. The zero-order valence-corrected chi connectivity index (χ0v) is 10.4. The third-order valence-corrected chi connectivity index (χ3v) is 2.54. The van der Waals surface area contributed by atoms with Crippen LogP contribution in [0.4, 0.5) is 16.3 Å². The Labute approximate surface area is 109 Å². The number of urea groups is 1. The van der Waals surface area contributed by atoms with Crippen LogP contribution >= 0.6 is 0 Å². The van der Waals surface area contributed by atoms with Gasteiger partial charge in [-0.25, -0.2) is 9.89 Å². The number of carbonyl (C=O) groups excluding carboxylic acids is 1. The summed E-state index contributed by atoms with van der Waals surface area (Å²) < 4.78 is 0. The molecule has 0 saturated heterocycles. The van der Waals surface area contributed by atoms with Crippen molar-refractivity contribution in [1.29, 1.82) is 0 Å². The van der Waals surface area contributed by atoms with Crippen molar-refractivity contribution in [3.63, 3.8) is 0 Å². The van der Waals surface area contributed by atoms with Gasteiger partial charge in [0.15, 0.2) is 5.82 Å². The van der Waals surface area contributed by atoms with Crippen molar-refractivity contribution in [2.24, 2.45) is 0 Å². The Hall–Kier alpha value is -2.63. The van der Waals surface area contributed by atoms with Crippen LogP contribution in [0.5, 0.6) is 0 Å². The molecule has 6 nitrogen and oxygen atoms in total. The Morgan fingerprint density at radius 1 is 1.16 bits per heavy atom. The summed E-state index contributed by atoms with van der Waals surface area (Å²) in [5.41, 5.74) is 1.58. The van der Waals surface area contributed by atoms with Crippen molar-refractivity contribution in [1.82, 2.24) is 10.2 Å². The van der Waals surface area contributed by atoms with Gasteiger partial charge in [-0.1, -0.05) is 19.1 Å². The minimum atomic E-state index is -0.413. The van der Waals surface area contributed by atoms with Crippen molar-refractivity contribution in [2.75, 3.05) is 10.6 Å². The Morgan fingerprint density at radius 3 is 2.47 bits per heavy atom. The molecule has 19 heavy (non-hydrogen) atoms. The highest BCUT2D eigenvalue weighted by Gasteiger charge is 2.03. The highest BCUT2D eigenvalue weighted by Crippen LogP contribution is 2.10. The van der Waals surface area contributed by atoms with Crippen LogP contribution in [0.15, 0.2) is 41.2 Å². The van der Waals surface area contributed by atoms with E-state index in [0.717, 1.165) is 6.42 Å². The molecular formula is C13H14N4O2. The molecule has 1 heterocycles. The highest BCUT2D eigenvalue weighted by atomic mass is 16.2. The zero-order chi connectivity index (χ0) is 13.7. The maximum absolute atomic E-state index is 11.7. The van der Waals surface area contributed by atoms with Crippen LogP contribution in [0.2, 0.25) is 0 Å². The lowest BCUT2D eigenvalue weighted by Gasteiger charge is -2.07. The van der Waals surface area contributed by atoms with E-state index < -0.39 is 6.03 Å². The molecule has 3 N–H and O–H groups in total. The van der Waals surface area contributed by atoms with E-state index in [1.54, 1.807) is 0 Å². The van der Waals surface area contributed by atoms with Gasteiger partial charge in [0.1, 0.15) is 0 Å². The minimum Gasteiger partial charge on any atom is -0.308 e. The van der Waals surface area contributed by atoms with Crippen LogP contribution < -0.4 is 16.2 Å². The maximum Gasteiger partial charge on any atom is 0.324 e. The van der Waals surface area contributed by atoms with E-state index in [4.69, 9.17) is 0 Å². The molecule has 0 fully saturated rings. The molecule has 0 spiro atoms. The van der Waals surface area contributed by atoms with Crippen molar-refractivity contribution in [3.8, 4) is 0 Å². The summed E-state index contributed by atoms with van der Waals surface area (Å²) >= 11 is 0. The molecule has 0 saturated carbocycles. The second-order valence-corrected chi connectivity index (χ2v) is 3.94. The molecule has 0 atom stereocenters. The monoisotopic (exact) mass is 258 g/mol. The summed E-state index contributed by atoms with van der Waals surface area (Å²) in [6, 6.07) is 9.87. The molecule has 0 aliphatic rings. The van der Waals surface area contributed by atoms with Crippen molar-refractivity contribution >= 4 is 17.5 Å². The first kappa shape index (κ1) is 12.8. The number of H-pyrrole nitrogens is 1. The number of amides is 2. The first-order valence-corrected chi connectivity index (χ1v) is 5.90. The van der Waals surface area contributed by atoms with E-state index in [2.05, 4.69) is 27.8 Å². The third-order valence-electron chi connectivity index (χ3n) is 2.54. The second kappa shape index (κ2) is 5.81. The number of carbonyl (C=O) groups is 1. The topological polar surface area (TPSA) is 86.9 Å². The third kappa shape index (κ3) is 3.67. The molecular weight excluding hydrogens is 244 g/mol. The van der Waals surface area contributed by atoms with Crippen molar-refractivity contribution in [2.45, 2.75) is 13.3 Å². The van der Waals surface area contributed by atoms with E-state index in [0.29, 0.717) is 5.69 Å². The SMILES string of the molecule is CCc1ccc(NC(=O)Nc2ccc(=O)[nH]n2)cc1. The molecule has 1 aromatic carbocycles. The molecule has 6 heteroatoms. The van der Waals surface area contributed by atoms with E-state index in [1.165, 1.54) is 17.7 Å². The summed E-state index contributed by atoms with van der Waals surface area (Å²) in [5, 5.41) is 11.1. The van der Waals surface area contributed by atoms with Gasteiger partial charge in [0.25, 0.3) is 5.56 Å². The molecule has 0 bridgehead atoms. The molecule has 0 aliphatic heterocycles. The van der Waals surface area contributed by atoms with Crippen LogP contribution in [-0.4, -0.2) is 16.2 Å². The number of aromatic nitrogens is 2. The Bertz CT molecular complexity index is 599. The molecule has 2 amide bonds. The second-order valence-electron chi connectivity index (χ2n) is 3.94. The lowest BCUT2D eigenvalue weighted by Crippen LogP contribution is -2.21. The van der Waals surface area contributed by atoms with Gasteiger partial charge >= 0.3 is 6.03 Å². The molecule has 0 unspecified atom stereocenters. The number of aromatic amines is 1. The average molecular weight is 258 g/mol. The van der Waals surface area contributed by atoms with Crippen molar-refractivity contribution in [3.05, 3.63) is 52.3 Å². The molecule has 2 rings (SSSR count). The largest absolute Gasteiger partial charge is 0.324 e. The normalized spacial score (nSPS) is 9.95. The Morgan fingerprint density at radius 2 is 1.89 bits per heavy atom. The van der Waals surface area contributed by atoms with Gasteiger partial charge in [0.05, 0.1) is 0 Å². The summed E-state index contributed by atoms with van der Waals surface area (Å²) in [4.78, 5) is 22.5. The molecule has 1 aromatic heterocycles. The van der Waals surface area contributed by atoms with Crippen LogP contribution in [-0.2, 0) is 6.42 Å². The van der Waals surface area contributed by atoms with Gasteiger partial charge in [-0.15, -0.1) is 0 Å². The van der Waals surface area contributed by atoms with Crippen LogP contribution in [0.25, 0.3) is 0 Å². The fourth-order valence-electron chi connectivity index (χ4n) is 1.52. The van der Waals surface area contributed by atoms with Crippen LogP contribution in [0, 0.1) is 0 Å². The quantitative estimate of drug-likeness (QED) is 0.786. The first-order valence-electron chi connectivity index (χ1n) is 5.90. The number of aryl methyl sites for hydroxylation is 1. The van der Waals surface area contributed by atoms with E-state index in [1.807, 2.05) is 24.3 Å².